The number of aromatic nitrogens is 2. The molecule has 0 saturated carbocycles. The summed E-state index contributed by atoms with van der Waals surface area (Å²) in [6.45, 7) is 0.661. The summed E-state index contributed by atoms with van der Waals surface area (Å²) >= 11 is 1.07. The van der Waals surface area contributed by atoms with Crippen LogP contribution in [0.15, 0.2) is 88.8 Å². The van der Waals surface area contributed by atoms with Gasteiger partial charge in [0.15, 0.2) is 5.16 Å². The van der Waals surface area contributed by atoms with Crippen LogP contribution in [0.1, 0.15) is 0 Å². The molecule has 0 aliphatic rings. The topological polar surface area (TPSA) is 73.2 Å². The number of para-hydroxylation sites is 3. The monoisotopic (exact) mass is 449 g/mol. The predicted molar refractivity (Wildman–Crippen MR) is 123 cm³/mol. The molecule has 6 nitrogen and oxygen atoms in total. The second-order valence-corrected chi connectivity index (χ2v) is 7.75. The van der Waals surface area contributed by atoms with Gasteiger partial charge in [0.05, 0.1) is 28.9 Å². The van der Waals surface area contributed by atoms with E-state index in [0.717, 1.165) is 17.5 Å². The van der Waals surface area contributed by atoms with Crippen molar-refractivity contribution in [2.75, 3.05) is 18.9 Å². The number of benzene rings is 3. The van der Waals surface area contributed by atoms with E-state index in [2.05, 4.69) is 10.3 Å². The molecule has 4 rings (SSSR count). The fourth-order valence-electron chi connectivity index (χ4n) is 3.11. The quantitative estimate of drug-likeness (QED) is 0.252. The van der Waals surface area contributed by atoms with E-state index in [0.29, 0.717) is 24.1 Å². The first-order valence-corrected chi connectivity index (χ1v) is 11.0. The summed E-state index contributed by atoms with van der Waals surface area (Å²) in [7, 11) is 0. The minimum Gasteiger partial charge on any atom is -0.492 e. The fraction of sp³-hybridized carbons (Fsp3) is 0.125. The van der Waals surface area contributed by atoms with Crippen LogP contribution in [0.5, 0.6) is 5.75 Å². The summed E-state index contributed by atoms with van der Waals surface area (Å²) < 4.78 is 21.3. The molecule has 0 saturated heterocycles. The molecular weight excluding hydrogens is 429 g/mol. The van der Waals surface area contributed by atoms with Crippen LogP contribution in [0.25, 0.3) is 16.6 Å². The highest BCUT2D eigenvalue weighted by Crippen LogP contribution is 2.22. The van der Waals surface area contributed by atoms with Gasteiger partial charge in [-0.05, 0) is 36.4 Å². The Labute approximate surface area is 188 Å². The number of amides is 1. The maximum absolute atomic E-state index is 14.5. The standard InChI is InChI=1S/C24H20FN3O3S/c25-19-11-5-7-13-21(19)28-23(30)18-10-4-6-12-20(18)27-24(28)32-16-22(29)26-14-15-31-17-8-2-1-3-9-17/h1-13H,14-16H2,(H,26,29). The number of nitrogens with one attached hydrogen (secondary N) is 1. The van der Waals surface area contributed by atoms with Crippen LogP contribution in [-0.2, 0) is 4.79 Å². The van der Waals surface area contributed by atoms with Crippen LogP contribution in [0, 0.1) is 5.82 Å². The average molecular weight is 450 g/mol. The number of thioether (sulfide) groups is 1. The van der Waals surface area contributed by atoms with Crippen LogP contribution in [-0.4, -0.2) is 34.4 Å². The lowest BCUT2D eigenvalue weighted by Crippen LogP contribution is -2.30. The van der Waals surface area contributed by atoms with Crippen molar-refractivity contribution in [2.45, 2.75) is 5.16 Å². The van der Waals surface area contributed by atoms with E-state index >= 15 is 0 Å². The molecular formula is C24H20FN3O3S. The lowest BCUT2D eigenvalue weighted by atomic mass is 10.2. The summed E-state index contributed by atoms with van der Waals surface area (Å²) in [5, 5.41) is 3.39. The molecule has 0 unspecified atom stereocenters. The molecule has 0 aliphatic carbocycles. The Hall–Kier alpha value is -3.65. The Morgan fingerprint density at radius 1 is 1.00 bits per heavy atom. The van der Waals surface area contributed by atoms with Gasteiger partial charge in [-0.1, -0.05) is 54.2 Å². The number of carbonyl (C=O) groups excluding carboxylic acids is 1. The first-order valence-electron chi connectivity index (χ1n) is 9.97. The van der Waals surface area contributed by atoms with Gasteiger partial charge in [0.1, 0.15) is 18.2 Å². The van der Waals surface area contributed by atoms with E-state index in [-0.39, 0.29) is 28.1 Å². The van der Waals surface area contributed by atoms with Gasteiger partial charge in [-0.15, -0.1) is 0 Å². The maximum Gasteiger partial charge on any atom is 0.266 e. The van der Waals surface area contributed by atoms with Crippen molar-refractivity contribution in [3.63, 3.8) is 0 Å². The molecule has 32 heavy (non-hydrogen) atoms. The lowest BCUT2D eigenvalue weighted by molar-refractivity contribution is -0.118. The Bertz CT molecular complexity index is 1290. The van der Waals surface area contributed by atoms with E-state index in [1.54, 1.807) is 36.4 Å². The Morgan fingerprint density at radius 2 is 1.72 bits per heavy atom. The second kappa shape index (κ2) is 10.1. The Balaban J connectivity index is 1.48. The number of carbonyl (C=O) groups is 1. The minimum atomic E-state index is -0.545. The van der Waals surface area contributed by atoms with Gasteiger partial charge >= 0.3 is 0 Å². The van der Waals surface area contributed by atoms with Crippen molar-refractivity contribution >= 4 is 28.6 Å². The van der Waals surface area contributed by atoms with Gasteiger partial charge in [-0.3, -0.25) is 14.2 Å². The van der Waals surface area contributed by atoms with Crippen molar-refractivity contribution in [3.8, 4) is 11.4 Å². The third-order valence-corrected chi connectivity index (χ3v) is 5.55. The number of hydrogen-bond donors (Lipinski definition) is 1. The second-order valence-electron chi connectivity index (χ2n) is 6.80. The molecule has 0 aliphatic heterocycles. The zero-order valence-electron chi connectivity index (χ0n) is 17.0. The molecule has 0 radical (unpaired) electrons. The number of fused-ring (bicyclic) bond motifs is 1. The van der Waals surface area contributed by atoms with E-state index in [9.17, 15) is 14.0 Å². The molecule has 1 aromatic heterocycles. The SMILES string of the molecule is O=C(CSc1nc2ccccc2c(=O)n1-c1ccccc1F)NCCOc1ccccc1. The molecule has 4 aromatic rings. The number of rotatable bonds is 8. The van der Waals surface area contributed by atoms with Gasteiger partial charge in [0.25, 0.3) is 5.56 Å². The summed E-state index contributed by atoms with van der Waals surface area (Å²) in [5.41, 5.74) is 0.194. The van der Waals surface area contributed by atoms with Crippen molar-refractivity contribution in [1.29, 1.82) is 0 Å². The normalized spacial score (nSPS) is 10.8. The molecule has 1 amide bonds. The number of nitrogens with zero attached hydrogens (tertiary/aromatic N) is 2. The van der Waals surface area contributed by atoms with E-state index in [4.69, 9.17) is 4.74 Å². The summed E-state index contributed by atoms with van der Waals surface area (Å²) in [4.78, 5) is 29.9. The van der Waals surface area contributed by atoms with Crippen LogP contribution < -0.4 is 15.6 Å². The third-order valence-electron chi connectivity index (χ3n) is 4.61. The number of ether oxygens (including phenoxy) is 1. The highest BCUT2D eigenvalue weighted by Gasteiger charge is 2.16. The van der Waals surface area contributed by atoms with Crippen LogP contribution in [0.4, 0.5) is 4.39 Å². The van der Waals surface area contributed by atoms with Crippen molar-refractivity contribution in [1.82, 2.24) is 14.9 Å². The first kappa shape index (κ1) is 21.6. The number of hydrogen-bond acceptors (Lipinski definition) is 5. The molecule has 0 atom stereocenters. The summed E-state index contributed by atoms with van der Waals surface area (Å²) in [6, 6.07) is 22.2. The van der Waals surface area contributed by atoms with Crippen molar-refractivity contribution < 1.29 is 13.9 Å². The van der Waals surface area contributed by atoms with Gasteiger partial charge in [-0.2, -0.15) is 0 Å². The molecule has 0 fully saturated rings. The number of halogens is 1. The van der Waals surface area contributed by atoms with Crippen LogP contribution in [0.3, 0.4) is 0 Å². The molecule has 1 N–H and O–H groups in total. The van der Waals surface area contributed by atoms with Gasteiger partial charge in [0, 0.05) is 0 Å². The molecule has 162 valence electrons. The van der Waals surface area contributed by atoms with E-state index in [1.807, 2.05) is 30.3 Å². The summed E-state index contributed by atoms with van der Waals surface area (Å²) in [6.07, 6.45) is 0. The lowest BCUT2D eigenvalue weighted by Gasteiger charge is -2.14. The molecule has 3 aromatic carbocycles. The zero-order chi connectivity index (χ0) is 22.3. The van der Waals surface area contributed by atoms with Gasteiger partial charge in [-0.25, -0.2) is 9.37 Å². The highest BCUT2D eigenvalue weighted by atomic mass is 32.2. The molecule has 0 bridgehead atoms. The average Bonchev–Trinajstić information content (AvgIpc) is 2.82. The molecule has 1 heterocycles. The van der Waals surface area contributed by atoms with E-state index in [1.165, 1.54) is 16.7 Å². The first-order chi connectivity index (χ1) is 15.6. The van der Waals surface area contributed by atoms with Gasteiger partial charge < -0.3 is 10.1 Å². The Kier molecular flexibility index (Phi) is 6.81. The molecule has 0 spiro atoms. The smallest absolute Gasteiger partial charge is 0.266 e. The largest absolute Gasteiger partial charge is 0.492 e. The van der Waals surface area contributed by atoms with Crippen molar-refractivity contribution in [2.24, 2.45) is 0 Å². The Morgan fingerprint density at radius 3 is 2.53 bits per heavy atom. The van der Waals surface area contributed by atoms with Crippen molar-refractivity contribution in [3.05, 3.63) is 95.0 Å². The maximum atomic E-state index is 14.5. The zero-order valence-corrected chi connectivity index (χ0v) is 17.8. The third kappa shape index (κ3) is 4.97. The van der Waals surface area contributed by atoms with Crippen LogP contribution in [0.2, 0.25) is 0 Å². The highest BCUT2D eigenvalue weighted by molar-refractivity contribution is 7.99. The van der Waals surface area contributed by atoms with Crippen LogP contribution >= 0.6 is 11.8 Å². The minimum absolute atomic E-state index is 0.0184. The molecule has 8 heteroatoms. The summed E-state index contributed by atoms with van der Waals surface area (Å²) in [5.74, 6) is -0.0412. The van der Waals surface area contributed by atoms with E-state index < -0.39 is 5.82 Å². The fourth-order valence-corrected chi connectivity index (χ4v) is 3.95. The van der Waals surface area contributed by atoms with Gasteiger partial charge in [0.2, 0.25) is 5.91 Å². The predicted octanol–water partition coefficient (Wildman–Crippen LogP) is 3.81.